The Morgan fingerprint density at radius 3 is 2.58 bits per heavy atom. The molecule has 1 N–H and O–H groups in total. The first kappa shape index (κ1) is 13.8. The third kappa shape index (κ3) is 3.44. The first-order chi connectivity index (χ1) is 9.08. The van der Waals surface area contributed by atoms with Crippen LogP contribution in [0.5, 0.6) is 0 Å². The van der Waals surface area contributed by atoms with Crippen molar-refractivity contribution in [1.82, 2.24) is 0 Å². The van der Waals surface area contributed by atoms with E-state index >= 15 is 0 Å². The highest BCUT2D eigenvalue weighted by atomic mass is 35.5. The summed E-state index contributed by atoms with van der Waals surface area (Å²) in [4.78, 5) is 22.1. The minimum absolute atomic E-state index is 0.0278. The molecule has 0 spiro atoms. The smallest absolute Gasteiger partial charge is 0.271 e. The number of anilines is 1. The zero-order valence-electron chi connectivity index (χ0n) is 10.4. The van der Waals surface area contributed by atoms with Crippen molar-refractivity contribution in [3.8, 4) is 0 Å². The normalized spacial score (nSPS) is 16.1. The van der Waals surface area contributed by atoms with E-state index in [0.29, 0.717) is 5.69 Å². The predicted octanol–water partition coefficient (Wildman–Crippen LogP) is 3.77. The summed E-state index contributed by atoms with van der Waals surface area (Å²) in [5.41, 5.74) is 0.350. The van der Waals surface area contributed by atoms with Crippen LogP contribution in [0.1, 0.15) is 32.1 Å². The summed E-state index contributed by atoms with van der Waals surface area (Å²) in [7, 11) is 0. The quantitative estimate of drug-likeness (QED) is 0.677. The third-order valence-corrected chi connectivity index (χ3v) is 3.71. The van der Waals surface area contributed by atoms with E-state index in [1.807, 2.05) is 0 Å². The maximum absolute atomic E-state index is 12.0. The Labute approximate surface area is 116 Å². The summed E-state index contributed by atoms with van der Waals surface area (Å²) >= 11 is 5.94. The molecule has 0 unspecified atom stereocenters. The first-order valence-electron chi connectivity index (χ1n) is 6.33. The summed E-state index contributed by atoms with van der Waals surface area (Å²) in [5, 5.41) is 13.5. The number of hydrogen-bond acceptors (Lipinski definition) is 3. The van der Waals surface area contributed by atoms with Crippen LogP contribution in [0.3, 0.4) is 0 Å². The van der Waals surface area contributed by atoms with Gasteiger partial charge in [0.05, 0.1) is 15.6 Å². The monoisotopic (exact) mass is 282 g/mol. The van der Waals surface area contributed by atoms with Crippen LogP contribution in [0.15, 0.2) is 18.2 Å². The van der Waals surface area contributed by atoms with Gasteiger partial charge in [-0.15, -0.1) is 0 Å². The van der Waals surface area contributed by atoms with Crippen LogP contribution in [-0.2, 0) is 4.79 Å². The minimum Gasteiger partial charge on any atom is -0.325 e. The summed E-state index contributed by atoms with van der Waals surface area (Å²) in [6.45, 7) is 0. The van der Waals surface area contributed by atoms with Crippen molar-refractivity contribution >= 4 is 28.9 Å². The lowest BCUT2D eigenvalue weighted by Crippen LogP contribution is -2.24. The van der Waals surface area contributed by atoms with E-state index < -0.39 is 4.92 Å². The molecule has 0 aliphatic heterocycles. The molecule has 1 aromatic carbocycles. The Morgan fingerprint density at radius 2 is 2.00 bits per heavy atom. The van der Waals surface area contributed by atoms with E-state index in [-0.39, 0.29) is 22.5 Å². The number of amides is 1. The fourth-order valence-corrected chi connectivity index (χ4v) is 2.54. The number of halogens is 1. The van der Waals surface area contributed by atoms with Gasteiger partial charge in [-0.2, -0.15) is 0 Å². The van der Waals surface area contributed by atoms with E-state index in [0.717, 1.165) is 25.7 Å². The Morgan fingerprint density at radius 1 is 1.32 bits per heavy atom. The fourth-order valence-electron chi connectivity index (χ4n) is 2.32. The maximum atomic E-state index is 12.0. The number of hydrogen-bond donors (Lipinski definition) is 1. The SMILES string of the molecule is O=C(Nc1ccc([N+](=O)[O-])cc1Cl)C1CCCCC1. The summed E-state index contributed by atoms with van der Waals surface area (Å²) in [5.74, 6) is -0.0181. The van der Waals surface area contributed by atoms with Gasteiger partial charge in [0.1, 0.15) is 0 Å². The van der Waals surface area contributed by atoms with Crippen LogP contribution in [-0.4, -0.2) is 10.8 Å². The van der Waals surface area contributed by atoms with E-state index in [2.05, 4.69) is 5.32 Å². The van der Waals surface area contributed by atoms with Gasteiger partial charge in [0.2, 0.25) is 5.91 Å². The number of nitrogens with one attached hydrogen (secondary N) is 1. The fraction of sp³-hybridized carbons (Fsp3) is 0.462. The lowest BCUT2D eigenvalue weighted by Gasteiger charge is -2.20. The van der Waals surface area contributed by atoms with E-state index in [4.69, 9.17) is 11.6 Å². The summed E-state index contributed by atoms with van der Waals surface area (Å²) in [6.07, 6.45) is 5.13. The predicted molar refractivity (Wildman–Crippen MR) is 73.3 cm³/mol. The highest BCUT2D eigenvalue weighted by Crippen LogP contribution is 2.29. The number of non-ortho nitro benzene ring substituents is 1. The molecule has 0 aromatic heterocycles. The second kappa shape index (κ2) is 6.02. The molecule has 1 aromatic rings. The van der Waals surface area contributed by atoms with E-state index in [9.17, 15) is 14.9 Å². The van der Waals surface area contributed by atoms with Gasteiger partial charge in [0, 0.05) is 18.1 Å². The Kier molecular flexibility index (Phi) is 4.37. The molecule has 19 heavy (non-hydrogen) atoms. The molecule has 1 amide bonds. The lowest BCUT2D eigenvalue weighted by molar-refractivity contribution is -0.384. The van der Waals surface area contributed by atoms with Gasteiger partial charge in [-0.05, 0) is 18.9 Å². The van der Waals surface area contributed by atoms with Crippen LogP contribution in [0, 0.1) is 16.0 Å². The van der Waals surface area contributed by atoms with Crippen LogP contribution in [0.2, 0.25) is 5.02 Å². The highest BCUT2D eigenvalue weighted by molar-refractivity contribution is 6.34. The topological polar surface area (TPSA) is 72.2 Å². The summed E-state index contributed by atoms with van der Waals surface area (Å²) < 4.78 is 0. The first-order valence-corrected chi connectivity index (χ1v) is 6.70. The Balaban J connectivity index is 2.06. The van der Waals surface area contributed by atoms with Crippen molar-refractivity contribution in [3.63, 3.8) is 0 Å². The second-order valence-corrected chi connectivity index (χ2v) is 5.15. The molecule has 0 heterocycles. The molecule has 1 fully saturated rings. The van der Waals surface area contributed by atoms with Crippen LogP contribution in [0.25, 0.3) is 0 Å². The lowest BCUT2D eigenvalue weighted by atomic mass is 9.88. The number of nitro benzene ring substituents is 1. The van der Waals surface area contributed by atoms with Crippen molar-refractivity contribution in [1.29, 1.82) is 0 Å². The Hall–Kier alpha value is -1.62. The van der Waals surface area contributed by atoms with Gasteiger partial charge >= 0.3 is 0 Å². The van der Waals surface area contributed by atoms with Gasteiger partial charge in [-0.25, -0.2) is 0 Å². The van der Waals surface area contributed by atoms with Crippen LogP contribution < -0.4 is 5.32 Å². The molecular weight excluding hydrogens is 268 g/mol. The second-order valence-electron chi connectivity index (χ2n) is 4.75. The molecule has 0 bridgehead atoms. The average Bonchev–Trinajstić information content (AvgIpc) is 2.41. The zero-order chi connectivity index (χ0) is 13.8. The van der Waals surface area contributed by atoms with Crippen molar-refractivity contribution in [2.45, 2.75) is 32.1 Å². The molecule has 2 rings (SSSR count). The number of carbonyl (C=O) groups excluding carboxylic acids is 1. The maximum Gasteiger partial charge on any atom is 0.271 e. The molecule has 0 radical (unpaired) electrons. The van der Waals surface area contributed by atoms with Gasteiger partial charge in [0.15, 0.2) is 0 Å². The Bertz CT molecular complexity index is 499. The van der Waals surface area contributed by atoms with Gasteiger partial charge in [-0.3, -0.25) is 14.9 Å². The van der Waals surface area contributed by atoms with Crippen molar-refractivity contribution < 1.29 is 9.72 Å². The number of nitro groups is 1. The van der Waals surface area contributed by atoms with Crippen molar-refractivity contribution in [2.24, 2.45) is 5.92 Å². The molecule has 1 saturated carbocycles. The number of benzene rings is 1. The molecule has 6 heteroatoms. The molecule has 0 saturated heterocycles. The molecule has 102 valence electrons. The molecule has 0 atom stereocenters. The average molecular weight is 283 g/mol. The zero-order valence-corrected chi connectivity index (χ0v) is 11.2. The standard InChI is InChI=1S/C13H15ClN2O3/c14-11-8-10(16(18)19)6-7-12(11)15-13(17)9-4-2-1-3-5-9/h6-9H,1-5H2,(H,15,17). The molecule has 1 aliphatic rings. The van der Waals surface area contributed by atoms with Gasteiger partial charge < -0.3 is 5.32 Å². The van der Waals surface area contributed by atoms with Crippen molar-refractivity contribution in [3.05, 3.63) is 33.3 Å². The third-order valence-electron chi connectivity index (χ3n) is 3.40. The number of carbonyl (C=O) groups is 1. The highest BCUT2D eigenvalue weighted by Gasteiger charge is 2.22. The van der Waals surface area contributed by atoms with Crippen LogP contribution in [0.4, 0.5) is 11.4 Å². The number of rotatable bonds is 3. The molecule has 1 aliphatic carbocycles. The van der Waals surface area contributed by atoms with Crippen molar-refractivity contribution in [2.75, 3.05) is 5.32 Å². The largest absolute Gasteiger partial charge is 0.325 e. The summed E-state index contributed by atoms with van der Waals surface area (Å²) in [6, 6.07) is 4.06. The van der Waals surface area contributed by atoms with Crippen LogP contribution >= 0.6 is 11.6 Å². The van der Waals surface area contributed by atoms with Gasteiger partial charge in [0.25, 0.3) is 5.69 Å². The van der Waals surface area contributed by atoms with E-state index in [1.165, 1.54) is 24.6 Å². The molecular formula is C13H15ClN2O3. The van der Waals surface area contributed by atoms with Gasteiger partial charge in [-0.1, -0.05) is 30.9 Å². The minimum atomic E-state index is -0.515. The van der Waals surface area contributed by atoms with E-state index in [1.54, 1.807) is 0 Å². The molecule has 5 nitrogen and oxygen atoms in total. The number of nitrogens with zero attached hydrogens (tertiary/aromatic N) is 1.